The molecule has 0 bridgehead atoms. The quantitative estimate of drug-likeness (QED) is 0.386. The molecule has 1 aliphatic heterocycles. The van der Waals surface area contributed by atoms with E-state index in [0.717, 1.165) is 0 Å². The molecule has 0 aliphatic carbocycles. The second kappa shape index (κ2) is 8.52. The fraction of sp³-hybridized carbons (Fsp3) is 0.471. The fourth-order valence-electron chi connectivity index (χ4n) is 3.08. The average Bonchev–Trinajstić information content (AvgIpc) is 3.15. The zero-order valence-corrected chi connectivity index (χ0v) is 17.1. The summed E-state index contributed by atoms with van der Waals surface area (Å²) in [5, 5.41) is 0.209. The average molecular weight is 446 g/mol. The Bertz CT molecular complexity index is 964. The number of esters is 3. The summed E-state index contributed by atoms with van der Waals surface area (Å²) in [5.74, 6) is -1.77. The Morgan fingerprint density at radius 2 is 1.76 bits per heavy atom. The van der Waals surface area contributed by atoms with E-state index in [-0.39, 0.29) is 16.9 Å². The molecule has 12 heteroatoms. The molecule has 3 heterocycles. The Kier molecular flexibility index (Phi) is 6.25. The van der Waals surface area contributed by atoms with Crippen LogP contribution in [0, 0.1) is 0 Å². The van der Waals surface area contributed by atoms with Gasteiger partial charge in [0.25, 0.3) is 0 Å². The van der Waals surface area contributed by atoms with E-state index in [2.05, 4.69) is 9.97 Å². The van der Waals surface area contributed by atoms with Gasteiger partial charge in [0.1, 0.15) is 23.4 Å². The summed E-state index contributed by atoms with van der Waals surface area (Å²) in [4.78, 5) is 42.7. The third-order valence-electron chi connectivity index (χ3n) is 4.10. The van der Waals surface area contributed by atoms with Crippen LogP contribution >= 0.6 is 23.2 Å². The lowest BCUT2D eigenvalue weighted by molar-refractivity contribution is -0.166. The highest BCUT2D eigenvalue weighted by atomic mass is 35.5. The number of hydrogen-bond acceptors (Lipinski definition) is 9. The van der Waals surface area contributed by atoms with E-state index in [0.29, 0.717) is 11.0 Å². The van der Waals surface area contributed by atoms with Gasteiger partial charge in [-0.25, -0.2) is 9.97 Å². The first-order valence-electron chi connectivity index (χ1n) is 8.49. The van der Waals surface area contributed by atoms with E-state index in [1.807, 2.05) is 0 Å². The molecule has 0 N–H and O–H groups in total. The van der Waals surface area contributed by atoms with E-state index in [4.69, 9.17) is 42.1 Å². The van der Waals surface area contributed by atoms with Gasteiger partial charge in [0.2, 0.25) is 0 Å². The van der Waals surface area contributed by atoms with E-state index < -0.39 is 42.4 Å². The van der Waals surface area contributed by atoms with Crippen molar-refractivity contribution in [1.29, 1.82) is 0 Å². The molecule has 0 spiro atoms. The van der Waals surface area contributed by atoms with Crippen LogP contribution in [0.2, 0.25) is 10.3 Å². The Morgan fingerprint density at radius 1 is 1.10 bits per heavy atom. The first-order chi connectivity index (χ1) is 13.7. The smallest absolute Gasteiger partial charge is 0.303 e. The minimum Gasteiger partial charge on any atom is -0.463 e. The number of pyridine rings is 1. The molecule has 29 heavy (non-hydrogen) atoms. The molecule has 1 saturated heterocycles. The van der Waals surface area contributed by atoms with Crippen molar-refractivity contribution in [2.24, 2.45) is 0 Å². The predicted molar refractivity (Wildman–Crippen MR) is 99.2 cm³/mol. The predicted octanol–water partition coefficient (Wildman–Crippen LogP) is 2.06. The van der Waals surface area contributed by atoms with Crippen molar-refractivity contribution in [3.63, 3.8) is 0 Å². The van der Waals surface area contributed by atoms with Crippen molar-refractivity contribution in [2.45, 2.75) is 45.3 Å². The lowest BCUT2D eigenvalue weighted by Crippen LogP contribution is -2.40. The van der Waals surface area contributed by atoms with Crippen LogP contribution in [0.15, 0.2) is 12.4 Å². The van der Waals surface area contributed by atoms with E-state index in [1.54, 1.807) is 0 Å². The molecule has 1 aliphatic rings. The minimum atomic E-state index is -1.04. The largest absolute Gasteiger partial charge is 0.463 e. The Labute approximate surface area is 175 Å². The molecule has 1 fully saturated rings. The van der Waals surface area contributed by atoms with Gasteiger partial charge >= 0.3 is 17.9 Å². The van der Waals surface area contributed by atoms with Crippen LogP contribution in [0.3, 0.4) is 0 Å². The number of rotatable bonds is 5. The van der Waals surface area contributed by atoms with Gasteiger partial charge in [-0.3, -0.25) is 19.0 Å². The highest BCUT2D eigenvalue weighted by Gasteiger charge is 2.50. The molecule has 10 nitrogen and oxygen atoms in total. The van der Waals surface area contributed by atoms with Crippen LogP contribution in [0.1, 0.15) is 27.0 Å². The van der Waals surface area contributed by atoms with E-state index in [1.165, 1.54) is 37.7 Å². The number of ether oxygens (including phenoxy) is 4. The topological polar surface area (TPSA) is 119 Å². The molecular formula is C17H17Cl2N3O7. The molecule has 156 valence electrons. The summed E-state index contributed by atoms with van der Waals surface area (Å²) in [6, 6.07) is 1.52. The lowest BCUT2D eigenvalue weighted by atomic mass is 10.1. The van der Waals surface area contributed by atoms with Crippen molar-refractivity contribution in [1.82, 2.24) is 14.5 Å². The van der Waals surface area contributed by atoms with Gasteiger partial charge in [-0.05, 0) is 0 Å². The number of halogens is 2. The number of hydrogen-bond donors (Lipinski definition) is 0. The second-order valence-electron chi connectivity index (χ2n) is 6.27. The molecule has 0 unspecified atom stereocenters. The Morgan fingerprint density at radius 3 is 2.38 bits per heavy atom. The number of aromatic nitrogens is 3. The highest BCUT2D eigenvalue weighted by molar-refractivity contribution is 6.36. The van der Waals surface area contributed by atoms with Crippen molar-refractivity contribution in [2.75, 3.05) is 6.61 Å². The van der Waals surface area contributed by atoms with Gasteiger partial charge in [0.05, 0.1) is 11.8 Å². The van der Waals surface area contributed by atoms with Gasteiger partial charge in [0.15, 0.2) is 23.6 Å². The van der Waals surface area contributed by atoms with Crippen molar-refractivity contribution < 1.29 is 33.3 Å². The maximum absolute atomic E-state index is 11.7. The molecule has 2 aromatic heterocycles. The summed E-state index contributed by atoms with van der Waals surface area (Å²) >= 11 is 12.1. The molecule has 3 rings (SSSR count). The molecule has 0 radical (unpaired) electrons. The van der Waals surface area contributed by atoms with Gasteiger partial charge in [-0.2, -0.15) is 0 Å². The van der Waals surface area contributed by atoms with Crippen molar-refractivity contribution in [3.8, 4) is 0 Å². The maximum atomic E-state index is 11.7. The summed E-state index contributed by atoms with van der Waals surface area (Å²) < 4.78 is 23.2. The van der Waals surface area contributed by atoms with Crippen LogP contribution in [0.4, 0.5) is 0 Å². The van der Waals surface area contributed by atoms with Gasteiger partial charge in [-0.1, -0.05) is 23.2 Å². The number of carbonyl (C=O) groups excluding carboxylic acids is 3. The first-order valence-corrected chi connectivity index (χ1v) is 9.24. The Hall–Kier alpha value is -2.43. The zero-order valence-electron chi connectivity index (χ0n) is 15.6. The molecule has 4 atom stereocenters. The zero-order chi connectivity index (χ0) is 21.3. The van der Waals surface area contributed by atoms with Crippen LogP contribution in [0.5, 0.6) is 0 Å². The third kappa shape index (κ3) is 4.60. The molecule has 0 saturated carbocycles. The number of carbonyl (C=O) groups is 3. The van der Waals surface area contributed by atoms with Gasteiger partial charge in [-0.15, -0.1) is 0 Å². The SMILES string of the molecule is CC(=O)OC[C@@H]1O[C@H](n2cnc3c(Cl)nc(Cl)cc32)[C@@H](OC(C)=O)[C@H]1OC(C)=O. The number of fused-ring (bicyclic) bond motifs is 1. The van der Waals surface area contributed by atoms with Crippen LogP contribution in [-0.2, 0) is 33.3 Å². The van der Waals surface area contributed by atoms with E-state index >= 15 is 0 Å². The summed E-state index contributed by atoms with van der Waals surface area (Å²) in [7, 11) is 0. The standard InChI is InChI=1S/C17H17Cl2N3O7/c1-7(23)26-5-11-14(27-8(2)24)15(28-9(3)25)17(29-11)22-6-20-13-10(22)4-12(18)21-16(13)19/h4,6,11,14-15,17H,5H2,1-3H3/t11-,14-,15-,17-/m0/s1. The lowest BCUT2D eigenvalue weighted by Gasteiger charge is -2.24. The highest BCUT2D eigenvalue weighted by Crippen LogP contribution is 2.37. The minimum absolute atomic E-state index is 0.0845. The summed E-state index contributed by atoms with van der Waals surface area (Å²) in [6.07, 6.45) is -2.49. The number of imidazole rings is 1. The third-order valence-corrected chi connectivity index (χ3v) is 4.56. The van der Waals surface area contributed by atoms with Crippen LogP contribution < -0.4 is 0 Å². The van der Waals surface area contributed by atoms with Crippen molar-refractivity contribution in [3.05, 3.63) is 22.7 Å². The van der Waals surface area contributed by atoms with Crippen LogP contribution in [-0.4, -0.2) is 57.4 Å². The fourth-order valence-corrected chi connectivity index (χ4v) is 3.55. The molecular weight excluding hydrogens is 429 g/mol. The summed E-state index contributed by atoms with van der Waals surface area (Å²) in [5.41, 5.74) is 0.820. The molecule has 2 aromatic rings. The number of nitrogens with zero attached hydrogens (tertiary/aromatic N) is 3. The monoisotopic (exact) mass is 445 g/mol. The van der Waals surface area contributed by atoms with Crippen LogP contribution in [0.25, 0.3) is 11.0 Å². The second-order valence-corrected chi connectivity index (χ2v) is 7.02. The van der Waals surface area contributed by atoms with Crippen molar-refractivity contribution >= 4 is 52.1 Å². The molecule has 0 amide bonds. The summed E-state index contributed by atoms with van der Waals surface area (Å²) in [6.45, 7) is 3.44. The first kappa shape index (κ1) is 21.3. The van der Waals surface area contributed by atoms with Gasteiger partial charge < -0.3 is 18.9 Å². The van der Waals surface area contributed by atoms with E-state index in [9.17, 15) is 14.4 Å². The molecule has 0 aromatic carbocycles. The van der Waals surface area contributed by atoms with Gasteiger partial charge in [0, 0.05) is 26.8 Å². The Balaban J connectivity index is 2.04. The normalized spacial score (nSPS) is 23.8. The maximum Gasteiger partial charge on any atom is 0.303 e.